The molecule has 0 aliphatic carbocycles. The van der Waals surface area contributed by atoms with Crippen LogP contribution in [0.5, 0.6) is 0 Å². The molecule has 0 radical (unpaired) electrons. The van der Waals surface area contributed by atoms with Crippen molar-refractivity contribution in [2.75, 3.05) is 13.6 Å². The van der Waals surface area contributed by atoms with Gasteiger partial charge in [0.1, 0.15) is 6.04 Å². The Hall–Kier alpha value is -2.25. The lowest BCUT2D eigenvalue weighted by molar-refractivity contribution is -0.136. The molecular formula is C18H24N4O3. The first-order chi connectivity index (χ1) is 11.9. The Morgan fingerprint density at radius 2 is 2.12 bits per heavy atom. The lowest BCUT2D eigenvalue weighted by Crippen LogP contribution is -2.52. The van der Waals surface area contributed by atoms with E-state index in [1.165, 1.54) is 0 Å². The molecule has 3 amide bonds. The molecule has 25 heavy (non-hydrogen) atoms. The van der Waals surface area contributed by atoms with E-state index in [-0.39, 0.29) is 30.2 Å². The average molecular weight is 344 g/mol. The Morgan fingerprint density at radius 3 is 2.80 bits per heavy atom. The molecule has 2 aliphatic heterocycles. The number of carbonyl (C=O) groups excluding carboxylic acids is 3. The number of fused-ring (bicyclic) bond motifs is 1. The van der Waals surface area contributed by atoms with Gasteiger partial charge in [0.15, 0.2) is 0 Å². The van der Waals surface area contributed by atoms with Gasteiger partial charge in [0.2, 0.25) is 11.8 Å². The summed E-state index contributed by atoms with van der Waals surface area (Å²) in [6.45, 7) is 3.81. The summed E-state index contributed by atoms with van der Waals surface area (Å²) in [7, 11) is 2.02. The maximum atomic E-state index is 12.6. The molecule has 1 aromatic rings. The number of nitrogens with zero attached hydrogens (tertiary/aromatic N) is 2. The predicted molar refractivity (Wildman–Crippen MR) is 92.5 cm³/mol. The van der Waals surface area contributed by atoms with E-state index in [2.05, 4.69) is 17.1 Å². The number of nitrogens with two attached hydrogens (primary N) is 1. The average Bonchev–Trinajstić information content (AvgIpc) is 2.90. The molecule has 0 spiro atoms. The van der Waals surface area contributed by atoms with E-state index in [0.717, 1.165) is 17.7 Å². The monoisotopic (exact) mass is 344 g/mol. The number of hydrogen-bond donors (Lipinski definition) is 2. The normalized spacial score (nSPS) is 21.5. The van der Waals surface area contributed by atoms with Crippen LogP contribution in [0.2, 0.25) is 0 Å². The van der Waals surface area contributed by atoms with E-state index in [9.17, 15) is 14.4 Å². The number of amides is 3. The van der Waals surface area contributed by atoms with E-state index in [1.54, 1.807) is 4.90 Å². The summed E-state index contributed by atoms with van der Waals surface area (Å²) in [6.07, 6.45) is 0.650. The zero-order valence-corrected chi connectivity index (χ0v) is 14.6. The molecule has 2 heterocycles. The second kappa shape index (κ2) is 6.93. The quantitative estimate of drug-likeness (QED) is 0.746. The number of carbonyl (C=O) groups is 3. The van der Waals surface area contributed by atoms with Gasteiger partial charge in [-0.1, -0.05) is 12.1 Å². The van der Waals surface area contributed by atoms with Crippen molar-refractivity contribution in [1.82, 2.24) is 15.1 Å². The number of likely N-dealkylation sites (N-methyl/N-ethyl adjacent to an activating group) is 1. The van der Waals surface area contributed by atoms with E-state index in [1.807, 2.05) is 25.2 Å². The van der Waals surface area contributed by atoms with E-state index in [4.69, 9.17) is 5.73 Å². The maximum absolute atomic E-state index is 12.6. The van der Waals surface area contributed by atoms with Gasteiger partial charge in [-0.2, -0.15) is 0 Å². The fourth-order valence-electron chi connectivity index (χ4n) is 3.35. The first kappa shape index (κ1) is 17.6. The van der Waals surface area contributed by atoms with Crippen LogP contribution in [-0.2, 0) is 22.7 Å². The second-order valence-electron chi connectivity index (χ2n) is 6.89. The molecule has 1 saturated heterocycles. The Kier molecular flexibility index (Phi) is 4.87. The zero-order chi connectivity index (χ0) is 18.1. The maximum Gasteiger partial charge on any atom is 0.255 e. The van der Waals surface area contributed by atoms with Crippen molar-refractivity contribution in [3.63, 3.8) is 0 Å². The number of benzene rings is 1. The SMILES string of the molecule is C[C@@H](CN)N(C)Cc1ccc2c(c1)CN(C1CCC(=O)NC1=O)C2=O. The number of nitrogens with one attached hydrogen (secondary N) is 1. The molecule has 134 valence electrons. The van der Waals surface area contributed by atoms with E-state index >= 15 is 0 Å². The minimum Gasteiger partial charge on any atom is -0.329 e. The van der Waals surface area contributed by atoms with Crippen molar-refractivity contribution in [3.05, 3.63) is 34.9 Å². The van der Waals surface area contributed by atoms with Gasteiger partial charge >= 0.3 is 0 Å². The second-order valence-corrected chi connectivity index (χ2v) is 6.89. The molecule has 3 N–H and O–H groups in total. The van der Waals surface area contributed by atoms with Crippen LogP contribution in [0.15, 0.2) is 18.2 Å². The topological polar surface area (TPSA) is 95.7 Å². The lowest BCUT2D eigenvalue weighted by atomic mass is 10.0. The largest absolute Gasteiger partial charge is 0.329 e. The number of piperidine rings is 1. The molecule has 0 aromatic heterocycles. The van der Waals surface area contributed by atoms with E-state index in [0.29, 0.717) is 25.1 Å². The summed E-state index contributed by atoms with van der Waals surface area (Å²) < 4.78 is 0. The summed E-state index contributed by atoms with van der Waals surface area (Å²) in [6, 6.07) is 5.51. The van der Waals surface area contributed by atoms with Crippen molar-refractivity contribution in [2.24, 2.45) is 5.73 Å². The summed E-state index contributed by atoms with van der Waals surface area (Å²) >= 11 is 0. The molecule has 0 saturated carbocycles. The highest BCUT2D eigenvalue weighted by Crippen LogP contribution is 2.28. The first-order valence-electron chi connectivity index (χ1n) is 8.57. The van der Waals surface area contributed by atoms with Gasteiger partial charge in [0.25, 0.3) is 5.91 Å². The Balaban J connectivity index is 1.75. The molecule has 1 aromatic carbocycles. The van der Waals surface area contributed by atoms with Crippen molar-refractivity contribution < 1.29 is 14.4 Å². The van der Waals surface area contributed by atoms with Crippen molar-refractivity contribution in [2.45, 2.75) is 44.9 Å². The predicted octanol–water partition coefficient (Wildman–Crippen LogP) is 0.227. The van der Waals surface area contributed by atoms with Gasteiger partial charge in [0.05, 0.1) is 0 Å². The summed E-state index contributed by atoms with van der Waals surface area (Å²) in [5, 5.41) is 2.32. The van der Waals surface area contributed by atoms with Gasteiger partial charge in [-0.05, 0) is 37.6 Å². The van der Waals surface area contributed by atoms with Crippen LogP contribution in [0.1, 0.15) is 41.3 Å². The molecule has 0 bridgehead atoms. The van der Waals surface area contributed by atoms with Crippen LogP contribution < -0.4 is 11.1 Å². The van der Waals surface area contributed by atoms with Gasteiger partial charge in [-0.15, -0.1) is 0 Å². The van der Waals surface area contributed by atoms with Crippen molar-refractivity contribution in [1.29, 1.82) is 0 Å². The van der Waals surface area contributed by atoms with Crippen LogP contribution in [0, 0.1) is 0 Å². The third-order valence-corrected chi connectivity index (χ3v) is 5.11. The van der Waals surface area contributed by atoms with Crippen LogP contribution >= 0.6 is 0 Å². The Morgan fingerprint density at radius 1 is 1.36 bits per heavy atom. The Labute approximate surface area is 147 Å². The van der Waals surface area contributed by atoms with Gasteiger partial charge in [-0.3, -0.25) is 24.6 Å². The molecule has 2 aliphatic rings. The molecule has 7 heteroatoms. The zero-order valence-electron chi connectivity index (χ0n) is 14.6. The third-order valence-electron chi connectivity index (χ3n) is 5.11. The number of rotatable bonds is 5. The summed E-state index contributed by atoms with van der Waals surface area (Å²) in [5.74, 6) is -0.793. The van der Waals surface area contributed by atoms with Gasteiger partial charge < -0.3 is 10.6 Å². The van der Waals surface area contributed by atoms with Crippen LogP contribution in [0.4, 0.5) is 0 Å². The summed E-state index contributed by atoms with van der Waals surface area (Å²) in [5.41, 5.74) is 8.39. The highest BCUT2D eigenvalue weighted by molar-refractivity contribution is 6.05. The molecule has 3 rings (SSSR count). The molecule has 2 atom stereocenters. The van der Waals surface area contributed by atoms with E-state index < -0.39 is 6.04 Å². The Bertz CT molecular complexity index is 718. The van der Waals surface area contributed by atoms with Crippen LogP contribution in [0.25, 0.3) is 0 Å². The lowest BCUT2D eigenvalue weighted by Gasteiger charge is -2.29. The van der Waals surface area contributed by atoms with Crippen molar-refractivity contribution >= 4 is 17.7 Å². The molecule has 7 nitrogen and oxygen atoms in total. The summed E-state index contributed by atoms with van der Waals surface area (Å²) in [4.78, 5) is 39.8. The smallest absolute Gasteiger partial charge is 0.255 e. The molecular weight excluding hydrogens is 320 g/mol. The highest BCUT2D eigenvalue weighted by atomic mass is 16.2. The van der Waals surface area contributed by atoms with Crippen LogP contribution in [0.3, 0.4) is 0 Å². The van der Waals surface area contributed by atoms with Gasteiger partial charge in [0, 0.05) is 37.7 Å². The first-order valence-corrected chi connectivity index (χ1v) is 8.57. The standard InChI is InChI=1S/C18H24N4O3/c1-11(8-19)21(2)9-12-3-4-14-13(7-12)10-22(18(14)25)15-5-6-16(23)20-17(15)24/h3-4,7,11,15H,5-6,8-10,19H2,1-2H3,(H,20,23,24)/t11-,15?/m0/s1. The van der Waals surface area contributed by atoms with Gasteiger partial charge in [-0.25, -0.2) is 0 Å². The fraction of sp³-hybridized carbons (Fsp3) is 0.500. The minimum absolute atomic E-state index is 0.139. The van der Waals surface area contributed by atoms with Crippen LogP contribution in [-0.4, -0.2) is 53.2 Å². The molecule has 1 fully saturated rings. The number of hydrogen-bond acceptors (Lipinski definition) is 5. The van der Waals surface area contributed by atoms with Crippen molar-refractivity contribution in [3.8, 4) is 0 Å². The third kappa shape index (κ3) is 3.43. The molecule has 1 unspecified atom stereocenters. The number of imide groups is 1. The fourth-order valence-corrected chi connectivity index (χ4v) is 3.35. The highest BCUT2D eigenvalue weighted by Gasteiger charge is 2.39. The minimum atomic E-state index is -0.569.